The van der Waals surface area contributed by atoms with Crippen LogP contribution in [0.5, 0.6) is 11.5 Å². The topological polar surface area (TPSA) is 83.0 Å². The van der Waals surface area contributed by atoms with Crippen LogP contribution in [0.15, 0.2) is 47.6 Å². The van der Waals surface area contributed by atoms with Crippen LogP contribution in [0.25, 0.3) is 0 Å². The highest BCUT2D eigenvalue weighted by molar-refractivity contribution is 14.1. The number of nitrogens with zero attached hydrogens (tertiary/aromatic N) is 1. The fraction of sp³-hybridized carbons (Fsp3) is 0.125. The number of anilines is 1. The molecule has 0 unspecified atom stereocenters. The SMILES string of the molecule is COc1cccc(/C=N/NC(=O)CNc2ccc(I)cc2)c1O. The molecule has 23 heavy (non-hydrogen) atoms. The first-order valence-electron chi connectivity index (χ1n) is 6.77. The molecule has 120 valence electrons. The van der Waals surface area contributed by atoms with Gasteiger partial charge in [0.2, 0.25) is 0 Å². The van der Waals surface area contributed by atoms with Gasteiger partial charge in [0, 0.05) is 14.8 Å². The van der Waals surface area contributed by atoms with Crippen LogP contribution in [0, 0.1) is 3.57 Å². The van der Waals surface area contributed by atoms with E-state index < -0.39 is 0 Å². The highest BCUT2D eigenvalue weighted by Crippen LogP contribution is 2.27. The number of hydrogen-bond acceptors (Lipinski definition) is 5. The number of hydrazone groups is 1. The van der Waals surface area contributed by atoms with Crippen LogP contribution < -0.4 is 15.5 Å². The van der Waals surface area contributed by atoms with Crippen molar-refractivity contribution in [1.82, 2.24) is 5.43 Å². The van der Waals surface area contributed by atoms with Crippen molar-refractivity contribution in [1.29, 1.82) is 0 Å². The molecule has 6 nitrogen and oxygen atoms in total. The molecule has 0 aliphatic rings. The second-order valence-electron chi connectivity index (χ2n) is 4.55. The number of carbonyl (C=O) groups is 1. The number of hydrogen-bond donors (Lipinski definition) is 3. The molecule has 0 radical (unpaired) electrons. The molecular formula is C16H16IN3O3. The Labute approximate surface area is 147 Å². The molecule has 0 aliphatic carbocycles. The summed E-state index contributed by atoms with van der Waals surface area (Å²) >= 11 is 2.21. The van der Waals surface area contributed by atoms with Crippen molar-refractivity contribution in [2.45, 2.75) is 0 Å². The lowest BCUT2D eigenvalue weighted by Gasteiger charge is -2.06. The Morgan fingerprint density at radius 3 is 2.74 bits per heavy atom. The molecule has 0 aliphatic heterocycles. The number of ether oxygens (including phenoxy) is 1. The van der Waals surface area contributed by atoms with Gasteiger partial charge in [-0.3, -0.25) is 4.79 Å². The molecule has 2 rings (SSSR count). The Bertz CT molecular complexity index is 702. The molecule has 2 aromatic carbocycles. The third kappa shape index (κ3) is 5.13. The number of carbonyl (C=O) groups excluding carboxylic acids is 1. The normalized spacial score (nSPS) is 10.5. The number of para-hydroxylation sites is 1. The summed E-state index contributed by atoms with van der Waals surface area (Å²) in [4.78, 5) is 11.7. The van der Waals surface area contributed by atoms with E-state index in [1.165, 1.54) is 13.3 Å². The van der Waals surface area contributed by atoms with E-state index in [0.717, 1.165) is 9.26 Å². The number of methoxy groups -OCH3 is 1. The van der Waals surface area contributed by atoms with Gasteiger partial charge >= 0.3 is 0 Å². The van der Waals surface area contributed by atoms with Crippen molar-refractivity contribution in [2.75, 3.05) is 19.0 Å². The molecule has 0 saturated heterocycles. The largest absolute Gasteiger partial charge is 0.504 e. The molecule has 3 N–H and O–H groups in total. The lowest BCUT2D eigenvalue weighted by atomic mass is 10.2. The lowest BCUT2D eigenvalue weighted by Crippen LogP contribution is -2.25. The van der Waals surface area contributed by atoms with Crippen molar-refractivity contribution in [3.05, 3.63) is 51.6 Å². The molecule has 0 heterocycles. The molecule has 0 atom stereocenters. The average molecular weight is 425 g/mol. The Morgan fingerprint density at radius 2 is 2.04 bits per heavy atom. The van der Waals surface area contributed by atoms with Gasteiger partial charge in [-0.2, -0.15) is 5.10 Å². The van der Waals surface area contributed by atoms with Crippen LogP contribution in [0.1, 0.15) is 5.56 Å². The van der Waals surface area contributed by atoms with Crippen molar-refractivity contribution < 1.29 is 14.6 Å². The standard InChI is InChI=1S/C16H16IN3O3/c1-23-14-4-2-3-11(16(14)22)9-19-20-15(21)10-18-13-7-5-12(17)6-8-13/h2-9,18,22H,10H2,1H3,(H,20,21)/b19-9+. The van der Waals surface area contributed by atoms with E-state index in [0.29, 0.717) is 11.3 Å². The zero-order valence-corrected chi connectivity index (χ0v) is 14.6. The van der Waals surface area contributed by atoms with E-state index in [-0.39, 0.29) is 18.2 Å². The number of amides is 1. The van der Waals surface area contributed by atoms with E-state index in [1.54, 1.807) is 18.2 Å². The van der Waals surface area contributed by atoms with Crippen molar-refractivity contribution >= 4 is 40.4 Å². The Morgan fingerprint density at radius 1 is 1.30 bits per heavy atom. The lowest BCUT2D eigenvalue weighted by molar-refractivity contribution is -0.119. The zero-order chi connectivity index (χ0) is 16.7. The predicted octanol–water partition coefficient (Wildman–Crippen LogP) is 2.57. The van der Waals surface area contributed by atoms with Crippen molar-refractivity contribution in [2.24, 2.45) is 5.10 Å². The number of aromatic hydroxyl groups is 1. The van der Waals surface area contributed by atoms with Gasteiger partial charge in [0.1, 0.15) is 0 Å². The smallest absolute Gasteiger partial charge is 0.259 e. The highest BCUT2D eigenvalue weighted by atomic mass is 127. The van der Waals surface area contributed by atoms with Crippen LogP contribution in [0.4, 0.5) is 5.69 Å². The zero-order valence-electron chi connectivity index (χ0n) is 12.4. The molecule has 1 amide bonds. The van der Waals surface area contributed by atoms with Crippen molar-refractivity contribution in [3.8, 4) is 11.5 Å². The van der Waals surface area contributed by atoms with Gasteiger partial charge in [0.25, 0.3) is 5.91 Å². The molecule has 0 bridgehead atoms. The Balaban J connectivity index is 1.85. The first-order chi connectivity index (χ1) is 11.1. The number of benzene rings is 2. The van der Waals surface area contributed by atoms with Gasteiger partial charge in [0.05, 0.1) is 19.9 Å². The number of rotatable bonds is 6. The summed E-state index contributed by atoms with van der Waals surface area (Å²) in [6.45, 7) is 0.0992. The first-order valence-corrected chi connectivity index (χ1v) is 7.85. The van der Waals surface area contributed by atoms with Gasteiger partial charge in [0.15, 0.2) is 11.5 Å². The monoisotopic (exact) mass is 425 g/mol. The molecule has 0 spiro atoms. The van der Waals surface area contributed by atoms with Crippen molar-refractivity contribution in [3.63, 3.8) is 0 Å². The molecule has 0 aromatic heterocycles. The molecule has 2 aromatic rings. The van der Waals surface area contributed by atoms with E-state index >= 15 is 0 Å². The van der Waals surface area contributed by atoms with Crippen LogP contribution in [0.2, 0.25) is 0 Å². The van der Waals surface area contributed by atoms with Gasteiger partial charge < -0.3 is 15.2 Å². The summed E-state index contributed by atoms with van der Waals surface area (Å²) in [5.41, 5.74) is 3.70. The van der Waals surface area contributed by atoms with Gasteiger partial charge in [-0.25, -0.2) is 5.43 Å². The van der Waals surface area contributed by atoms with Crippen LogP contribution in [0.3, 0.4) is 0 Å². The summed E-state index contributed by atoms with van der Waals surface area (Å²) in [6, 6.07) is 12.7. The predicted molar refractivity (Wildman–Crippen MR) is 98.0 cm³/mol. The molecule has 7 heteroatoms. The quantitative estimate of drug-likeness (QED) is 0.378. The minimum atomic E-state index is -0.290. The summed E-state index contributed by atoms with van der Waals surface area (Å²) in [5, 5.41) is 16.7. The van der Waals surface area contributed by atoms with Crippen LogP contribution in [-0.4, -0.2) is 30.9 Å². The van der Waals surface area contributed by atoms with Gasteiger partial charge in [-0.05, 0) is 59.0 Å². The third-order valence-corrected chi connectivity index (χ3v) is 3.66. The summed E-state index contributed by atoms with van der Waals surface area (Å²) < 4.78 is 6.12. The van der Waals surface area contributed by atoms with E-state index in [2.05, 4.69) is 38.4 Å². The second kappa shape index (κ2) is 8.37. The second-order valence-corrected chi connectivity index (χ2v) is 5.80. The highest BCUT2D eigenvalue weighted by Gasteiger charge is 2.05. The Kier molecular flexibility index (Phi) is 6.21. The number of phenolic OH excluding ortho intramolecular Hbond substituents is 1. The number of nitrogens with one attached hydrogen (secondary N) is 2. The first kappa shape index (κ1) is 17.1. The maximum atomic E-state index is 11.7. The Hall–Kier alpha value is -2.29. The number of phenols is 1. The third-order valence-electron chi connectivity index (χ3n) is 2.94. The van der Waals surface area contributed by atoms with Gasteiger partial charge in [-0.15, -0.1) is 0 Å². The summed E-state index contributed by atoms with van der Waals surface area (Å²) in [5.74, 6) is 0.0350. The average Bonchev–Trinajstić information content (AvgIpc) is 2.56. The van der Waals surface area contributed by atoms with Crippen LogP contribution >= 0.6 is 22.6 Å². The molecule has 0 fully saturated rings. The minimum Gasteiger partial charge on any atom is -0.504 e. The van der Waals surface area contributed by atoms with E-state index in [1.807, 2.05) is 24.3 Å². The maximum absolute atomic E-state index is 11.7. The van der Waals surface area contributed by atoms with Crippen LogP contribution in [-0.2, 0) is 4.79 Å². The fourth-order valence-electron chi connectivity index (χ4n) is 1.77. The summed E-state index contributed by atoms with van der Waals surface area (Å²) in [7, 11) is 1.47. The van der Waals surface area contributed by atoms with E-state index in [4.69, 9.17) is 4.74 Å². The fourth-order valence-corrected chi connectivity index (χ4v) is 2.13. The summed E-state index contributed by atoms with van der Waals surface area (Å²) in [6.07, 6.45) is 1.36. The molecule has 0 saturated carbocycles. The maximum Gasteiger partial charge on any atom is 0.259 e. The van der Waals surface area contributed by atoms with Gasteiger partial charge in [-0.1, -0.05) is 6.07 Å². The van der Waals surface area contributed by atoms with E-state index in [9.17, 15) is 9.90 Å². The number of halogens is 1. The minimum absolute atomic E-state index is 0.0231. The molecular weight excluding hydrogens is 409 g/mol.